The van der Waals surface area contributed by atoms with Crippen molar-refractivity contribution in [3.63, 3.8) is 0 Å². The fourth-order valence-electron chi connectivity index (χ4n) is 4.33. The normalized spacial score (nSPS) is 18.1. The molecule has 2 aliphatic heterocycles. The van der Waals surface area contributed by atoms with Gasteiger partial charge in [-0.05, 0) is 51.1 Å². The molecule has 2 fully saturated rings. The maximum atomic E-state index is 13.2. The van der Waals surface area contributed by atoms with E-state index in [-0.39, 0.29) is 17.9 Å². The number of piperazine rings is 1. The molecule has 0 aliphatic carbocycles. The van der Waals surface area contributed by atoms with E-state index in [0.29, 0.717) is 13.1 Å². The third-order valence-corrected chi connectivity index (χ3v) is 6.28. The van der Waals surface area contributed by atoms with Crippen molar-refractivity contribution in [1.82, 2.24) is 19.7 Å². The molecule has 0 spiro atoms. The van der Waals surface area contributed by atoms with Crippen LogP contribution in [0.15, 0.2) is 42.5 Å². The monoisotopic (exact) mass is 421 g/mol. The lowest BCUT2D eigenvalue weighted by Crippen LogP contribution is -2.47. The number of benzene rings is 1. The molecule has 2 aliphatic rings. The number of carbonyl (C=O) groups is 2. The second kappa shape index (κ2) is 9.47. The van der Waals surface area contributed by atoms with Gasteiger partial charge in [0.1, 0.15) is 0 Å². The summed E-state index contributed by atoms with van der Waals surface area (Å²) in [5, 5.41) is 2.96. The molecule has 31 heavy (non-hydrogen) atoms. The Morgan fingerprint density at radius 1 is 0.903 bits per heavy atom. The zero-order chi connectivity index (χ0) is 21.8. The van der Waals surface area contributed by atoms with Crippen molar-refractivity contribution in [2.45, 2.75) is 25.7 Å². The van der Waals surface area contributed by atoms with Gasteiger partial charge in [0.2, 0.25) is 0 Å². The van der Waals surface area contributed by atoms with Crippen LogP contribution < -0.4 is 5.32 Å². The second-order valence-electron chi connectivity index (χ2n) is 8.54. The third-order valence-electron chi connectivity index (χ3n) is 6.28. The van der Waals surface area contributed by atoms with Gasteiger partial charge in [0.05, 0.1) is 11.3 Å². The van der Waals surface area contributed by atoms with E-state index in [0.717, 1.165) is 61.7 Å². The number of pyridine rings is 1. The number of nitrogens with one attached hydrogen (secondary N) is 1. The first-order chi connectivity index (χ1) is 15.0. The van der Waals surface area contributed by atoms with Gasteiger partial charge in [-0.15, -0.1) is 0 Å². The predicted octanol–water partition coefficient (Wildman–Crippen LogP) is 3.19. The van der Waals surface area contributed by atoms with Crippen molar-refractivity contribution in [2.24, 2.45) is 0 Å². The number of rotatable bonds is 3. The van der Waals surface area contributed by atoms with E-state index in [9.17, 15) is 9.59 Å². The zero-order valence-corrected chi connectivity index (χ0v) is 18.4. The Balaban J connectivity index is 1.43. The first-order valence-corrected chi connectivity index (χ1v) is 11.1. The van der Waals surface area contributed by atoms with Crippen molar-refractivity contribution in [2.75, 3.05) is 51.6 Å². The molecule has 1 aromatic heterocycles. The fourth-order valence-corrected chi connectivity index (χ4v) is 4.33. The van der Waals surface area contributed by atoms with Crippen molar-refractivity contribution in [3.8, 4) is 0 Å². The Kier molecular flexibility index (Phi) is 6.51. The number of piperidine rings is 1. The molecule has 2 saturated heterocycles. The molecule has 0 saturated carbocycles. The number of urea groups is 1. The number of likely N-dealkylation sites (tertiary alicyclic amines) is 1. The van der Waals surface area contributed by atoms with Gasteiger partial charge in [-0.3, -0.25) is 9.78 Å². The van der Waals surface area contributed by atoms with Crippen LogP contribution in [0.4, 0.5) is 10.5 Å². The highest BCUT2D eigenvalue weighted by Crippen LogP contribution is 2.30. The molecule has 2 aromatic rings. The largest absolute Gasteiger partial charge is 0.336 e. The SMILES string of the molecule is Cc1ccc(C(=O)N2CCN(C)CC2)c(C2CCN(C(=O)Nc3ccccc3)CC2)n1. The summed E-state index contributed by atoms with van der Waals surface area (Å²) >= 11 is 0. The highest BCUT2D eigenvalue weighted by atomic mass is 16.2. The summed E-state index contributed by atoms with van der Waals surface area (Å²) in [7, 11) is 2.09. The van der Waals surface area contributed by atoms with E-state index in [1.54, 1.807) is 0 Å². The molecule has 3 amide bonds. The number of hydrogen-bond donors (Lipinski definition) is 1. The predicted molar refractivity (Wildman–Crippen MR) is 121 cm³/mol. The van der Waals surface area contributed by atoms with Crippen LogP contribution in [0.2, 0.25) is 0 Å². The van der Waals surface area contributed by atoms with E-state index in [2.05, 4.69) is 17.3 Å². The standard InChI is InChI=1S/C24H31N5O2/c1-18-8-9-21(23(30)28-16-14-27(2)15-17-28)22(25-18)19-10-12-29(13-11-19)24(31)26-20-6-4-3-5-7-20/h3-9,19H,10-17H2,1-2H3,(H,26,31). The molecule has 0 atom stereocenters. The Labute approximate surface area is 184 Å². The van der Waals surface area contributed by atoms with Crippen LogP contribution in [-0.2, 0) is 0 Å². The number of nitrogens with zero attached hydrogens (tertiary/aromatic N) is 4. The van der Waals surface area contributed by atoms with Crippen LogP contribution in [0.3, 0.4) is 0 Å². The van der Waals surface area contributed by atoms with Crippen LogP contribution in [0, 0.1) is 6.92 Å². The van der Waals surface area contributed by atoms with Crippen molar-refractivity contribution < 1.29 is 9.59 Å². The minimum Gasteiger partial charge on any atom is -0.336 e. The minimum atomic E-state index is -0.0735. The average molecular weight is 422 g/mol. The van der Waals surface area contributed by atoms with E-state index in [1.165, 1.54) is 0 Å². The quantitative estimate of drug-likeness (QED) is 0.827. The maximum Gasteiger partial charge on any atom is 0.321 e. The van der Waals surface area contributed by atoms with Gasteiger partial charge in [0.25, 0.3) is 5.91 Å². The second-order valence-corrected chi connectivity index (χ2v) is 8.54. The van der Waals surface area contributed by atoms with Crippen LogP contribution in [-0.4, -0.2) is 77.9 Å². The van der Waals surface area contributed by atoms with Crippen molar-refractivity contribution >= 4 is 17.6 Å². The van der Waals surface area contributed by atoms with Crippen LogP contribution in [0.25, 0.3) is 0 Å². The zero-order valence-electron chi connectivity index (χ0n) is 18.4. The van der Waals surface area contributed by atoms with Crippen molar-refractivity contribution in [1.29, 1.82) is 0 Å². The summed E-state index contributed by atoms with van der Waals surface area (Å²) in [4.78, 5) is 36.7. The topological polar surface area (TPSA) is 68.8 Å². The molecule has 7 nitrogen and oxygen atoms in total. The lowest BCUT2D eigenvalue weighted by molar-refractivity contribution is 0.0661. The molecule has 7 heteroatoms. The number of anilines is 1. The molecule has 164 valence electrons. The number of likely N-dealkylation sites (N-methyl/N-ethyl adjacent to an activating group) is 1. The number of aryl methyl sites for hydroxylation is 1. The van der Waals surface area contributed by atoms with Gasteiger partial charge in [0, 0.05) is 56.6 Å². The molecule has 1 aromatic carbocycles. The van der Waals surface area contributed by atoms with Gasteiger partial charge in [-0.25, -0.2) is 4.79 Å². The smallest absolute Gasteiger partial charge is 0.321 e. The summed E-state index contributed by atoms with van der Waals surface area (Å²) in [5.74, 6) is 0.270. The molecular weight excluding hydrogens is 390 g/mol. The van der Waals surface area contributed by atoms with Crippen LogP contribution >= 0.6 is 0 Å². The molecular formula is C24H31N5O2. The first kappa shape index (κ1) is 21.3. The van der Waals surface area contributed by atoms with Gasteiger partial charge < -0.3 is 20.0 Å². The Hall–Kier alpha value is -2.93. The summed E-state index contributed by atoms with van der Waals surface area (Å²) in [6, 6.07) is 13.3. The highest BCUT2D eigenvalue weighted by molar-refractivity contribution is 5.95. The van der Waals surface area contributed by atoms with E-state index >= 15 is 0 Å². The van der Waals surface area contributed by atoms with E-state index < -0.39 is 0 Å². The molecule has 0 unspecified atom stereocenters. The molecule has 0 bridgehead atoms. The minimum absolute atomic E-state index is 0.0735. The third kappa shape index (κ3) is 5.05. The molecule has 0 radical (unpaired) electrons. The highest BCUT2D eigenvalue weighted by Gasteiger charge is 2.30. The summed E-state index contributed by atoms with van der Waals surface area (Å²) in [5.41, 5.74) is 3.35. The lowest BCUT2D eigenvalue weighted by atomic mass is 9.89. The summed E-state index contributed by atoms with van der Waals surface area (Å²) < 4.78 is 0. The van der Waals surface area contributed by atoms with Crippen LogP contribution in [0.5, 0.6) is 0 Å². The van der Waals surface area contributed by atoms with E-state index in [1.807, 2.05) is 59.2 Å². The van der Waals surface area contributed by atoms with Gasteiger partial charge in [0.15, 0.2) is 0 Å². The maximum absolute atomic E-state index is 13.2. The Bertz CT molecular complexity index is 917. The van der Waals surface area contributed by atoms with Gasteiger partial charge in [-0.1, -0.05) is 18.2 Å². The summed E-state index contributed by atoms with van der Waals surface area (Å²) in [6.45, 7) is 6.57. The van der Waals surface area contributed by atoms with Crippen LogP contribution in [0.1, 0.15) is 40.5 Å². The Morgan fingerprint density at radius 2 is 1.58 bits per heavy atom. The Morgan fingerprint density at radius 3 is 2.26 bits per heavy atom. The van der Waals surface area contributed by atoms with Crippen molar-refractivity contribution in [3.05, 3.63) is 59.4 Å². The first-order valence-electron chi connectivity index (χ1n) is 11.1. The van der Waals surface area contributed by atoms with Gasteiger partial charge >= 0.3 is 6.03 Å². The molecule has 4 rings (SSSR count). The number of amides is 3. The number of hydrogen-bond acceptors (Lipinski definition) is 4. The number of carbonyl (C=O) groups excluding carboxylic acids is 2. The number of aromatic nitrogens is 1. The fraction of sp³-hybridized carbons (Fsp3) is 0.458. The number of para-hydroxylation sites is 1. The van der Waals surface area contributed by atoms with E-state index in [4.69, 9.17) is 4.98 Å². The average Bonchev–Trinajstić information content (AvgIpc) is 2.80. The lowest BCUT2D eigenvalue weighted by Gasteiger charge is -2.34. The van der Waals surface area contributed by atoms with Gasteiger partial charge in [-0.2, -0.15) is 0 Å². The molecule has 1 N–H and O–H groups in total. The molecule has 3 heterocycles. The summed E-state index contributed by atoms with van der Waals surface area (Å²) in [6.07, 6.45) is 1.61.